The van der Waals surface area contributed by atoms with Gasteiger partial charge in [-0.25, -0.2) is 5.06 Å². The van der Waals surface area contributed by atoms with Gasteiger partial charge in [0.1, 0.15) is 0 Å². The van der Waals surface area contributed by atoms with Gasteiger partial charge in [-0.15, -0.1) is 0 Å². The molecule has 1 amide bonds. The second-order valence-electron chi connectivity index (χ2n) is 3.34. The summed E-state index contributed by atoms with van der Waals surface area (Å²) in [5, 5.41) is 1.46. The first kappa shape index (κ1) is 13.3. The van der Waals surface area contributed by atoms with Crippen molar-refractivity contribution in [3.8, 4) is 0 Å². The monoisotopic (exact) mass is 555 g/mol. The molecule has 0 bridgehead atoms. The molecular weight excluding hydrogens is 547 g/mol. The van der Waals surface area contributed by atoms with Crippen molar-refractivity contribution in [3.63, 3.8) is 0 Å². The highest BCUT2D eigenvalue weighted by molar-refractivity contribution is 14.1. The maximum absolute atomic E-state index is 12.2. The van der Waals surface area contributed by atoms with Gasteiger partial charge in [0, 0.05) is 10.7 Å². The molecule has 0 saturated carbocycles. The Balaban J connectivity index is 2.35. The minimum absolute atomic E-state index is 0.0293. The molecule has 0 N–H and O–H groups in total. The molecule has 1 aromatic carbocycles. The predicted octanol–water partition coefficient (Wildman–Crippen LogP) is 3.28. The van der Waals surface area contributed by atoms with Crippen molar-refractivity contribution in [1.82, 2.24) is 5.06 Å². The minimum Gasteiger partial charge on any atom is -0.271 e. The summed E-state index contributed by atoms with van der Waals surface area (Å²) in [6, 6.07) is 3.97. The Kier molecular flexibility index (Phi) is 4.69. The number of nitrogens with zero attached hydrogens (tertiary/aromatic N) is 1. The van der Waals surface area contributed by atoms with Crippen LogP contribution in [0.4, 0.5) is 0 Å². The first-order chi connectivity index (χ1) is 7.59. The third kappa shape index (κ3) is 2.80. The Morgan fingerprint density at radius 3 is 2.69 bits per heavy atom. The van der Waals surface area contributed by atoms with E-state index in [0.717, 1.165) is 22.7 Å². The van der Waals surface area contributed by atoms with E-state index in [4.69, 9.17) is 4.84 Å². The Hall–Kier alpha value is 0.840. The van der Waals surface area contributed by atoms with Crippen molar-refractivity contribution in [2.75, 3.05) is 13.2 Å². The van der Waals surface area contributed by atoms with Gasteiger partial charge in [-0.05, 0) is 86.3 Å². The molecule has 1 heterocycles. The smallest absolute Gasteiger partial charge is 0.271 e. The standard InChI is InChI=1S/C10H8I3NO2/c11-6-4-7(9(13)8(12)5-6)10(15)14-2-1-3-16-14/h4-5H,1-3H2. The quantitative estimate of drug-likeness (QED) is 0.394. The molecule has 0 aromatic heterocycles. The van der Waals surface area contributed by atoms with E-state index in [1.54, 1.807) is 0 Å². The van der Waals surface area contributed by atoms with Gasteiger partial charge in [0.25, 0.3) is 5.91 Å². The topological polar surface area (TPSA) is 29.5 Å². The van der Waals surface area contributed by atoms with Gasteiger partial charge >= 0.3 is 0 Å². The molecule has 3 nitrogen and oxygen atoms in total. The molecule has 1 fully saturated rings. The fourth-order valence-electron chi connectivity index (χ4n) is 1.45. The average Bonchev–Trinajstić information content (AvgIpc) is 2.75. The molecule has 6 heteroatoms. The lowest BCUT2D eigenvalue weighted by atomic mass is 10.2. The third-order valence-electron chi connectivity index (χ3n) is 2.20. The van der Waals surface area contributed by atoms with Crippen LogP contribution >= 0.6 is 67.8 Å². The van der Waals surface area contributed by atoms with E-state index >= 15 is 0 Å². The summed E-state index contributed by atoms with van der Waals surface area (Å²) in [5.74, 6) is -0.0293. The second-order valence-corrected chi connectivity index (χ2v) is 6.83. The van der Waals surface area contributed by atoms with Crippen LogP contribution in [0.25, 0.3) is 0 Å². The van der Waals surface area contributed by atoms with Gasteiger partial charge < -0.3 is 0 Å². The van der Waals surface area contributed by atoms with E-state index in [2.05, 4.69) is 73.8 Å². The van der Waals surface area contributed by atoms with E-state index in [1.807, 2.05) is 6.07 Å². The Labute approximate surface area is 135 Å². The summed E-state index contributed by atoms with van der Waals surface area (Å²) in [6.45, 7) is 1.33. The molecule has 2 rings (SSSR count). The summed E-state index contributed by atoms with van der Waals surface area (Å²) >= 11 is 6.68. The van der Waals surface area contributed by atoms with Crippen LogP contribution in [0.5, 0.6) is 0 Å². The first-order valence-electron chi connectivity index (χ1n) is 4.69. The highest BCUT2D eigenvalue weighted by Crippen LogP contribution is 2.24. The molecule has 1 aliphatic rings. The fraction of sp³-hybridized carbons (Fsp3) is 0.300. The number of halogens is 3. The van der Waals surface area contributed by atoms with Crippen LogP contribution in [-0.2, 0) is 4.84 Å². The van der Waals surface area contributed by atoms with Gasteiger partial charge in [0.05, 0.1) is 18.7 Å². The number of carbonyl (C=O) groups is 1. The number of carbonyl (C=O) groups excluding carboxylic acids is 1. The average molecular weight is 555 g/mol. The van der Waals surface area contributed by atoms with Crippen molar-refractivity contribution in [2.24, 2.45) is 0 Å². The molecule has 1 aromatic rings. The zero-order valence-electron chi connectivity index (χ0n) is 8.17. The van der Waals surface area contributed by atoms with Gasteiger partial charge in [0.2, 0.25) is 0 Å². The Bertz CT molecular complexity index is 430. The summed E-state index contributed by atoms with van der Waals surface area (Å²) < 4.78 is 3.18. The number of rotatable bonds is 1. The van der Waals surface area contributed by atoms with Crippen molar-refractivity contribution < 1.29 is 9.63 Å². The van der Waals surface area contributed by atoms with Gasteiger partial charge in [-0.2, -0.15) is 0 Å². The Morgan fingerprint density at radius 2 is 2.06 bits per heavy atom. The zero-order chi connectivity index (χ0) is 11.7. The lowest BCUT2D eigenvalue weighted by molar-refractivity contribution is -0.0769. The molecule has 0 spiro atoms. The van der Waals surface area contributed by atoms with Crippen LogP contribution in [0.3, 0.4) is 0 Å². The largest absolute Gasteiger partial charge is 0.278 e. The van der Waals surface area contributed by atoms with Gasteiger partial charge in [0.15, 0.2) is 0 Å². The second kappa shape index (κ2) is 5.65. The van der Waals surface area contributed by atoms with E-state index in [1.165, 1.54) is 5.06 Å². The number of hydrogen-bond donors (Lipinski definition) is 0. The van der Waals surface area contributed by atoms with Gasteiger partial charge in [-0.1, -0.05) is 0 Å². The van der Waals surface area contributed by atoms with Crippen LogP contribution in [0.15, 0.2) is 12.1 Å². The van der Waals surface area contributed by atoms with E-state index in [-0.39, 0.29) is 5.91 Å². The lowest BCUT2D eigenvalue weighted by Gasteiger charge is -2.15. The SMILES string of the molecule is O=C(c1cc(I)cc(I)c1I)N1CCCO1. The maximum atomic E-state index is 12.2. The van der Waals surface area contributed by atoms with Crippen LogP contribution in [-0.4, -0.2) is 24.1 Å². The molecule has 1 saturated heterocycles. The molecular formula is C10H8I3NO2. The van der Waals surface area contributed by atoms with Crippen LogP contribution in [0.2, 0.25) is 0 Å². The molecule has 0 aliphatic carbocycles. The van der Waals surface area contributed by atoms with Crippen molar-refractivity contribution in [1.29, 1.82) is 0 Å². The molecule has 0 unspecified atom stereocenters. The number of hydrogen-bond acceptors (Lipinski definition) is 2. The predicted molar refractivity (Wildman–Crippen MR) is 86.2 cm³/mol. The van der Waals surface area contributed by atoms with Crippen molar-refractivity contribution in [3.05, 3.63) is 28.4 Å². The summed E-state index contributed by atoms with van der Waals surface area (Å²) in [4.78, 5) is 17.4. The van der Waals surface area contributed by atoms with E-state index in [9.17, 15) is 4.79 Å². The summed E-state index contributed by atoms with van der Waals surface area (Å²) in [6.07, 6.45) is 0.920. The molecule has 0 atom stereocenters. The fourth-order valence-corrected chi connectivity index (χ4v) is 3.84. The van der Waals surface area contributed by atoms with Crippen molar-refractivity contribution in [2.45, 2.75) is 6.42 Å². The maximum Gasteiger partial charge on any atom is 0.278 e. The molecule has 86 valence electrons. The highest BCUT2D eigenvalue weighted by atomic mass is 127. The lowest BCUT2D eigenvalue weighted by Crippen LogP contribution is -2.27. The van der Waals surface area contributed by atoms with Crippen LogP contribution in [0, 0.1) is 10.7 Å². The highest BCUT2D eigenvalue weighted by Gasteiger charge is 2.23. The number of benzene rings is 1. The van der Waals surface area contributed by atoms with Gasteiger partial charge in [-0.3, -0.25) is 9.63 Å². The van der Waals surface area contributed by atoms with Crippen LogP contribution in [0.1, 0.15) is 16.8 Å². The van der Waals surface area contributed by atoms with Crippen molar-refractivity contribution >= 4 is 73.7 Å². The summed E-state index contributed by atoms with van der Waals surface area (Å²) in [5.41, 5.74) is 0.735. The molecule has 1 aliphatic heterocycles. The number of amides is 1. The first-order valence-corrected chi connectivity index (χ1v) is 7.92. The number of hydroxylamine groups is 2. The summed E-state index contributed by atoms with van der Waals surface area (Å²) in [7, 11) is 0. The third-order valence-corrected chi connectivity index (χ3v) is 5.87. The normalized spacial score (nSPS) is 15.6. The molecule has 16 heavy (non-hydrogen) atoms. The van der Waals surface area contributed by atoms with E-state index < -0.39 is 0 Å². The zero-order valence-corrected chi connectivity index (χ0v) is 14.6. The minimum atomic E-state index is -0.0293. The van der Waals surface area contributed by atoms with E-state index in [0.29, 0.717) is 13.2 Å². The van der Waals surface area contributed by atoms with Crippen LogP contribution < -0.4 is 0 Å². The molecule has 0 radical (unpaired) electrons. The Morgan fingerprint density at radius 1 is 1.31 bits per heavy atom.